The number of hydrogen-bond acceptors (Lipinski definition) is 3. The van der Waals surface area contributed by atoms with Gasteiger partial charge in [-0.3, -0.25) is 14.5 Å². The molecule has 20 heavy (non-hydrogen) atoms. The summed E-state index contributed by atoms with van der Waals surface area (Å²) in [5, 5.41) is 3.22. The highest BCUT2D eigenvalue weighted by atomic mass is 16.2. The van der Waals surface area contributed by atoms with E-state index in [4.69, 9.17) is 0 Å². The highest BCUT2D eigenvalue weighted by Crippen LogP contribution is 2.21. The van der Waals surface area contributed by atoms with E-state index in [0.29, 0.717) is 25.8 Å². The molecule has 0 bridgehead atoms. The molecule has 1 aromatic carbocycles. The number of carbonyl (C=O) groups excluding carboxylic acids is 2. The molecule has 1 unspecified atom stereocenters. The van der Waals surface area contributed by atoms with Gasteiger partial charge >= 0.3 is 0 Å². The Morgan fingerprint density at radius 1 is 1.10 bits per heavy atom. The molecule has 4 heteroatoms. The van der Waals surface area contributed by atoms with Crippen LogP contribution >= 0.6 is 0 Å². The lowest BCUT2D eigenvalue weighted by molar-refractivity contribution is -0.148. The van der Waals surface area contributed by atoms with Crippen LogP contribution in [0.3, 0.4) is 0 Å². The van der Waals surface area contributed by atoms with Crippen molar-refractivity contribution in [1.82, 2.24) is 10.2 Å². The van der Waals surface area contributed by atoms with Gasteiger partial charge in [0.1, 0.15) is 0 Å². The molecule has 108 valence electrons. The monoisotopic (exact) mass is 274 g/mol. The summed E-state index contributed by atoms with van der Waals surface area (Å²) in [5.41, 5.74) is 3.50. The van der Waals surface area contributed by atoms with Gasteiger partial charge in [-0.05, 0) is 32.9 Å². The van der Waals surface area contributed by atoms with Gasteiger partial charge in [-0.25, -0.2) is 0 Å². The lowest BCUT2D eigenvalue weighted by Crippen LogP contribution is -2.44. The van der Waals surface area contributed by atoms with Gasteiger partial charge in [-0.2, -0.15) is 0 Å². The van der Waals surface area contributed by atoms with Crippen LogP contribution in [0.5, 0.6) is 0 Å². The number of nitrogens with zero attached hydrogens (tertiary/aromatic N) is 1. The van der Waals surface area contributed by atoms with Crippen LogP contribution in [0.2, 0.25) is 0 Å². The Bertz CT molecular complexity index is 489. The molecule has 0 saturated carbocycles. The second kappa shape index (κ2) is 6.18. The van der Waals surface area contributed by atoms with Gasteiger partial charge < -0.3 is 5.32 Å². The Balaban J connectivity index is 2.19. The average Bonchev–Trinajstić information content (AvgIpc) is 2.37. The molecular formula is C16H22N2O2. The smallest absolute Gasteiger partial charge is 0.229 e. The number of aryl methyl sites for hydroxylation is 2. The summed E-state index contributed by atoms with van der Waals surface area (Å²) in [6, 6.07) is 6.31. The van der Waals surface area contributed by atoms with Gasteiger partial charge in [0.25, 0.3) is 0 Å². The first-order valence-electron chi connectivity index (χ1n) is 7.10. The van der Waals surface area contributed by atoms with Gasteiger partial charge in [0, 0.05) is 19.4 Å². The van der Waals surface area contributed by atoms with Crippen LogP contribution in [0.4, 0.5) is 0 Å². The van der Waals surface area contributed by atoms with Crippen molar-refractivity contribution >= 4 is 11.8 Å². The van der Waals surface area contributed by atoms with Gasteiger partial charge in [-0.1, -0.05) is 29.3 Å². The normalized spacial score (nSPS) is 17.4. The van der Waals surface area contributed by atoms with E-state index >= 15 is 0 Å². The maximum absolute atomic E-state index is 11.9. The molecule has 2 rings (SSSR count). The first kappa shape index (κ1) is 14.7. The zero-order valence-corrected chi connectivity index (χ0v) is 12.4. The van der Waals surface area contributed by atoms with Crippen molar-refractivity contribution in [3.63, 3.8) is 0 Å². The number of hydrogen-bond donors (Lipinski definition) is 1. The van der Waals surface area contributed by atoms with Crippen LogP contribution in [0, 0.1) is 13.8 Å². The molecule has 4 nitrogen and oxygen atoms in total. The van der Waals surface area contributed by atoms with E-state index < -0.39 is 0 Å². The zero-order chi connectivity index (χ0) is 14.7. The minimum Gasteiger partial charge on any atom is -0.312 e. The molecule has 1 aliphatic heterocycles. The van der Waals surface area contributed by atoms with E-state index in [-0.39, 0.29) is 17.9 Å². The van der Waals surface area contributed by atoms with Crippen LogP contribution in [0.1, 0.15) is 42.0 Å². The summed E-state index contributed by atoms with van der Waals surface area (Å²) in [6.45, 7) is 4.53. The van der Waals surface area contributed by atoms with E-state index in [0.717, 1.165) is 5.56 Å². The lowest BCUT2D eigenvalue weighted by atomic mass is 10.00. The maximum atomic E-state index is 11.9. The highest BCUT2D eigenvalue weighted by molar-refractivity contribution is 5.97. The van der Waals surface area contributed by atoms with Gasteiger partial charge in [0.05, 0.1) is 6.04 Å². The average molecular weight is 274 g/mol. The number of benzene rings is 1. The Hall–Kier alpha value is -1.68. The molecule has 0 aliphatic carbocycles. The number of amides is 2. The van der Waals surface area contributed by atoms with Gasteiger partial charge in [0.15, 0.2) is 0 Å². The predicted molar refractivity (Wildman–Crippen MR) is 78.3 cm³/mol. The van der Waals surface area contributed by atoms with Crippen LogP contribution < -0.4 is 5.32 Å². The first-order chi connectivity index (χ1) is 9.51. The molecule has 0 radical (unpaired) electrons. The number of likely N-dealkylation sites (tertiary alicyclic amines) is 1. The molecule has 1 aliphatic rings. The fourth-order valence-corrected chi connectivity index (χ4v) is 2.76. The van der Waals surface area contributed by atoms with E-state index in [1.165, 1.54) is 16.0 Å². The van der Waals surface area contributed by atoms with Crippen molar-refractivity contribution in [2.45, 2.75) is 39.2 Å². The van der Waals surface area contributed by atoms with Crippen LogP contribution in [-0.4, -0.2) is 30.3 Å². The molecule has 0 spiro atoms. The summed E-state index contributed by atoms with van der Waals surface area (Å²) in [5.74, 6) is -0.100. The predicted octanol–water partition coefficient (Wildman–Crippen LogP) is 2.10. The Labute approximate surface area is 120 Å². The summed E-state index contributed by atoms with van der Waals surface area (Å²) < 4.78 is 0. The molecular weight excluding hydrogens is 252 g/mol. The number of rotatable bonds is 4. The molecule has 0 aromatic heterocycles. The van der Waals surface area contributed by atoms with E-state index in [9.17, 15) is 9.59 Å². The number of likely N-dealkylation sites (N-methyl/N-ethyl adjacent to an activating group) is 1. The third kappa shape index (κ3) is 3.25. The van der Waals surface area contributed by atoms with E-state index in [1.807, 2.05) is 7.05 Å². The molecule has 1 N–H and O–H groups in total. The molecule has 1 heterocycles. The van der Waals surface area contributed by atoms with Crippen molar-refractivity contribution in [2.24, 2.45) is 0 Å². The van der Waals surface area contributed by atoms with Crippen LogP contribution in [-0.2, 0) is 9.59 Å². The number of piperidine rings is 1. The van der Waals surface area contributed by atoms with Gasteiger partial charge in [-0.15, -0.1) is 0 Å². The highest BCUT2D eigenvalue weighted by Gasteiger charge is 2.28. The van der Waals surface area contributed by atoms with Crippen LogP contribution in [0.25, 0.3) is 0 Å². The minimum absolute atomic E-state index is 0.0143. The standard InChI is InChI=1S/C16H22N2O2/c1-11-7-12(2)9-13(8-11)14(17-3)10-18-15(19)5-4-6-16(18)20/h7-9,14,17H,4-6,10H2,1-3H3. The third-order valence-corrected chi connectivity index (χ3v) is 3.74. The SMILES string of the molecule is CNC(CN1C(=O)CCCC1=O)c1cc(C)cc(C)c1. The molecule has 1 aromatic rings. The third-order valence-electron chi connectivity index (χ3n) is 3.74. The molecule has 2 amide bonds. The summed E-state index contributed by atoms with van der Waals surface area (Å²) in [4.78, 5) is 25.2. The topological polar surface area (TPSA) is 49.4 Å². The van der Waals surface area contributed by atoms with Crippen molar-refractivity contribution in [3.05, 3.63) is 34.9 Å². The molecule has 1 saturated heterocycles. The maximum Gasteiger partial charge on any atom is 0.229 e. The van der Waals surface area contributed by atoms with E-state index in [1.54, 1.807) is 0 Å². The molecule has 1 fully saturated rings. The quantitative estimate of drug-likeness (QED) is 0.855. The summed E-state index contributed by atoms with van der Waals surface area (Å²) in [6.07, 6.45) is 1.64. The van der Waals surface area contributed by atoms with Crippen molar-refractivity contribution in [1.29, 1.82) is 0 Å². The fraction of sp³-hybridized carbons (Fsp3) is 0.500. The summed E-state index contributed by atoms with van der Waals surface area (Å²) in [7, 11) is 1.86. The first-order valence-corrected chi connectivity index (χ1v) is 7.10. The number of imide groups is 1. The van der Waals surface area contributed by atoms with Crippen molar-refractivity contribution < 1.29 is 9.59 Å². The lowest BCUT2D eigenvalue weighted by Gasteiger charge is -2.29. The van der Waals surface area contributed by atoms with Crippen molar-refractivity contribution in [3.8, 4) is 0 Å². The van der Waals surface area contributed by atoms with Crippen molar-refractivity contribution in [2.75, 3.05) is 13.6 Å². The largest absolute Gasteiger partial charge is 0.312 e. The Kier molecular flexibility index (Phi) is 4.55. The zero-order valence-electron chi connectivity index (χ0n) is 12.4. The van der Waals surface area contributed by atoms with Crippen LogP contribution in [0.15, 0.2) is 18.2 Å². The Morgan fingerprint density at radius 3 is 2.15 bits per heavy atom. The second-order valence-electron chi connectivity index (χ2n) is 5.51. The molecule has 1 atom stereocenters. The summed E-state index contributed by atoms with van der Waals surface area (Å²) >= 11 is 0. The second-order valence-corrected chi connectivity index (χ2v) is 5.51. The number of nitrogens with one attached hydrogen (secondary N) is 1. The minimum atomic E-state index is -0.0501. The van der Waals surface area contributed by atoms with Gasteiger partial charge in [0.2, 0.25) is 11.8 Å². The fourth-order valence-electron chi connectivity index (χ4n) is 2.76. The Morgan fingerprint density at radius 2 is 1.65 bits per heavy atom. The number of carbonyl (C=O) groups is 2. The van der Waals surface area contributed by atoms with E-state index in [2.05, 4.69) is 37.4 Å².